The van der Waals surface area contributed by atoms with Crippen molar-refractivity contribution in [3.05, 3.63) is 23.8 Å². The number of rotatable bonds is 4. The molecule has 2 aliphatic rings. The van der Waals surface area contributed by atoms with Crippen molar-refractivity contribution in [2.75, 3.05) is 27.4 Å². The van der Waals surface area contributed by atoms with Crippen molar-refractivity contribution in [3.63, 3.8) is 0 Å². The van der Waals surface area contributed by atoms with E-state index in [0.29, 0.717) is 36.5 Å². The first-order chi connectivity index (χ1) is 12.1. The van der Waals surface area contributed by atoms with Crippen LogP contribution in [0.25, 0.3) is 6.08 Å². The second kappa shape index (κ2) is 7.81. The van der Waals surface area contributed by atoms with Gasteiger partial charge < -0.3 is 19.1 Å². The highest BCUT2D eigenvalue weighted by atomic mass is 16.6. The van der Waals surface area contributed by atoms with Gasteiger partial charge in [-0.25, -0.2) is 0 Å². The molecule has 1 aromatic carbocycles. The van der Waals surface area contributed by atoms with E-state index in [1.54, 1.807) is 13.2 Å². The Kier molecular flexibility index (Phi) is 5.51. The average molecular weight is 345 g/mol. The maximum atomic E-state index is 12.5. The predicted molar refractivity (Wildman–Crippen MR) is 97.2 cm³/mol. The maximum absolute atomic E-state index is 12.5. The van der Waals surface area contributed by atoms with E-state index in [1.165, 1.54) is 12.8 Å². The third-order valence-electron chi connectivity index (χ3n) is 5.15. The van der Waals surface area contributed by atoms with Crippen LogP contribution in [0.3, 0.4) is 0 Å². The lowest BCUT2D eigenvalue weighted by molar-refractivity contribution is -0.127. The highest BCUT2D eigenvalue weighted by molar-refractivity contribution is 5.92. The molecule has 5 nitrogen and oxygen atoms in total. The molecule has 0 atom stereocenters. The molecule has 0 saturated heterocycles. The largest absolute Gasteiger partial charge is 0.493 e. The number of fused-ring (bicyclic) bond motifs is 1. The molecule has 136 valence electrons. The third-order valence-corrected chi connectivity index (χ3v) is 5.15. The Bertz CT molecular complexity index is 630. The lowest BCUT2D eigenvalue weighted by Gasteiger charge is -2.33. The van der Waals surface area contributed by atoms with E-state index in [9.17, 15) is 4.79 Å². The number of carbonyl (C=O) groups excluding carboxylic acids is 1. The molecular formula is C20H27NO4. The van der Waals surface area contributed by atoms with Crippen LogP contribution in [0.4, 0.5) is 0 Å². The fourth-order valence-corrected chi connectivity index (χ4v) is 3.48. The normalized spacial score (nSPS) is 22.7. The van der Waals surface area contributed by atoms with Crippen LogP contribution < -0.4 is 14.2 Å². The number of nitrogens with zero attached hydrogens (tertiary/aromatic N) is 1. The average Bonchev–Trinajstić information content (AvgIpc) is 2.65. The molecule has 0 unspecified atom stereocenters. The summed E-state index contributed by atoms with van der Waals surface area (Å²) in [5, 5.41) is 0. The number of carbonyl (C=O) groups is 1. The number of ether oxygens (including phenoxy) is 3. The van der Waals surface area contributed by atoms with Crippen molar-refractivity contribution in [1.29, 1.82) is 0 Å². The molecule has 0 aromatic heterocycles. The minimum absolute atomic E-state index is 0.0356. The first-order valence-electron chi connectivity index (χ1n) is 9.01. The van der Waals surface area contributed by atoms with Gasteiger partial charge in [0.2, 0.25) is 11.7 Å². The van der Waals surface area contributed by atoms with Crippen molar-refractivity contribution in [2.24, 2.45) is 5.92 Å². The van der Waals surface area contributed by atoms with Crippen LogP contribution in [0, 0.1) is 5.92 Å². The van der Waals surface area contributed by atoms with Crippen LogP contribution in [0.2, 0.25) is 0 Å². The molecule has 0 radical (unpaired) electrons. The Morgan fingerprint density at radius 2 is 1.92 bits per heavy atom. The Morgan fingerprint density at radius 3 is 2.64 bits per heavy atom. The maximum Gasteiger partial charge on any atom is 0.246 e. The van der Waals surface area contributed by atoms with Crippen LogP contribution in [0.15, 0.2) is 18.2 Å². The number of amides is 1. The minimum atomic E-state index is 0.0356. The summed E-state index contributed by atoms with van der Waals surface area (Å²) < 4.78 is 16.6. The van der Waals surface area contributed by atoms with E-state index < -0.39 is 0 Å². The monoisotopic (exact) mass is 345 g/mol. The molecule has 1 aliphatic carbocycles. The van der Waals surface area contributed by atoms with Crippen LogP contribution in [0.5, 0.6) is 17.2 Å². The number of likely N-dealkylation sites (N-methyl/N-ethyl adjacent to an activating group) is 1. The van der Waals surface area contributed by atoms with Gasteiger partial charge in [-0.05, 0) is 55.4 Å². The summed E-state index contributed by atoms with van der Waals surface area (Å²) in [4.78, 5) is 14.4. The molecule has 1 aliphatic heterocycles. The summed E-state index contributed by atoms with van der Waals surface area (Å²) in [6.45, 7) is 3.32. The van der Waals surface area contributed by atoms with Crippen molar-refractivity contribution in [1.82, 2.24) is 4.90 Å². The quantitative estimate of drug-likeness (QED) is 0.784. The molecule has 25 heavy (non-hydrogen) atoms. The van der Waals surface area contributed by atoms with Crippen LogP contribution >= 0.6 is 0 Å². The zero-order valence-corrected chi connectivity index (χ0v) is 15.3. The van der Waals surface area contributed by atoms with Crippen molar-refractivity contribution in [2.45, 2.75) is 38.6 Å². The Balaban J connectivity index is 1.69. The van der Waals surface area contributed by atoms with Crippen molar-refractivity contribution < 1.29 is 19.0 Å². The molecule has 1 fully saturated rings. The van der Waals surface area contributed by atoms with Gasteiger partial charge in [-0.2, -0.15) is 0 Å². The van der Waals surface area contributed by atoms with E-state index in [2.05, 4.69) is 6.92 Å². The van der Waals surface area contributed by atoms with Gasteiger partial charge in [-0.1, -0.05) is 6.92 Å². The minimum Gasteiger partial charge on any atom is -0.493 e. The zero-order valence-electron chi connectivity index (χ0n) is 15.3. The predicted octanol–water partition coefficient (Wildman–Crippen LogP) is 3.52. The van der Waals surface area contributed by atoms with E-state index >= 15 is 0 Å². The number of hydrogen-bond donors (Lipinski definition) is 0. The Labute approximate surface area is 149 Å². The molecular weight excluding hydrogens is 318 g/mol. The molecule has 1 saturated carbocycles. The van der Waals surface area contributed by atoms with Gasteiger partial charge in [-0.3, -0.25) is 4.79 Å². The van der Waals surface area contributed by atoms with Crippen molar-refractivity contribution >= 4 is 12.0 Å². The van der Waals surface area contributed by atoms with Gasteiger partial charge in [0.1, 0.15) is 13.2 Å². The summed E-state index contributed by atoms with van der Waals surface area (Å²) in [7, 11) is 3.50. The zero-order chi connectivity index (χ0) is 17.8. The molecule has 3 rings (SSSR count). The fourth-order valence-electron chi connectivity index (χ4n) is 3.48. The smallest absolute Gasteiger partial charge is 0.246 e. The van der Waals surface area contributed by atoms with Crippen molar-refractivity contribution in [3.8, 4) is 17.2 Å². The summed E-state index contributed by atoms with van der Waals surface area (Å²) in [6.07, 6.45) is 8.02. The molecule has 1 aromatic rings. The van der Waals surface area contributed by atoms with Gasteiger partial charge in [-0.15, -0.1) is 0 Å². The lowest BCUT2D eigenvalue weighted by Crippen LogP contribution is -2.38. The summed E-state index contributed by atoms with van der Waals surface area (Å²) in [6, 6.07) is 4.09. The lowest BCUT2D eigenvalue weighted by atomic mass is 9.87. The second-order valence-corrected chi connectivity index (χ2v) is 6.94. The molecule has 0 N–H and O–H groups in total. The number of hydrogen-bond acceptors (Lipinski definition) is 4. The van der Waals surface area contributed by atoms with E-state index in [4.69, 9.17) is 14.2 Å². The Morgan fingerprint density at radius 1 is 1.20 bits per heavy atom. The molecule has 1 heterocycles. The topological polar surface area (TPSA) is 48.0 Å². The molecule has 1 amide bonds. The highest BCUT2D eigenvalue weighted by Crippen LogP contribution is 2.40. The Hall–Kier alpha value is -2.17. The number of benzene rings is 1. The molecule has 5 heteroatoms. The first kappa shape index (κ1) is 17.6. The van der Waals surface area contributed by atoms with Crippen LogP contribution in [-0.4, -0.2) is 44.2 Å². The summed E-state index contributed by atoms with van der Waals surface area (Å²) in [5.41, 5.74) is 0.861. The standard InChI is InChI=1S/C20H27NO4/c1-14-4-7-16(8-5-14)21(2)19(22)9-6-15-12-17(23-3)20-18(13-15)24-10-11-25-20/h6,9,12-14,16H,4-5,7-8,10-11H2,1-3H3/b9-6+. The van der Waals surface area contributed by atoms with Gasteiger partial charge in [0.15, 0.2) is 11.5 Å². The summed E-state index contributed by atoms with van der Waals surface area (Å²) >= 11 is 0. The van der Waals surface area contributed by atoms with Gasteiger partial charge in [0.25, 0.3) is 0 Å². The fraction of sp³-hybridized carbons (Fsp3) is 0.550. The third kappa shape index (κ3) is 4.09. The molecule has 0 bridgehead atoms. The van der Waals surface area contributed by atoms with E-state index in [0.717, 1.165) is 24.3 Å². The second-order valence-electron chi connectivity index (χ2n) is 6.94. The van der Waals surface area contributed by atoms with E-state index in [1.807, 2.05) is 30.2 Å². The van der Waals surface area contributed by atoms with Gasteiger partial charge >= 0.3 is 0 Å². The van der Waals surface area contributed by atoms with Gasteiger partial charge in [0.05, 0.1) is 7.11 Å². The van der Waals surface area contributed by atoms with Gasteiger partial charge in [0, 0.05) is 19.2 Å². The molecule has 0 spiro atoms. The first-order valence-corrected chi connectivity index (χ1v) is 9.01. The highest BCUT2D eigenvalue weighted by Gasteiger charge is 2.24. The SMILES string of the molecule is COc1cc(/C=C/C(=O)N(C)C2CCC(C)CC2)cc2c1OCCO2. The van der Waals surface area contributed by atoms with E-state index in [-0.39, 0.29) is 5.91 Å². The summed E-state index contributed by atoms with van der Waals surface area (Å²) in [5.74, 6) is 2.73. The van der Waals surface area contributed by atoms with Crippen LogP contribution in [0.1, 0.15) is 38.2 Å². The number of methoxy groups -OCH3 is 1. The van der Waals surface area contributed by atoms with Crippen LogP contribution in [-0.2, 0) is 4.79 Å².